The maximum Gasteiger partial charge on any atom is 0.321 e. The molecule has 0 atom stereocenters. The molecule has 5 nitrogen and oxygen atoms in total. The van der Waals surface area contributed by atoms with E-state index in [4.69, 9.17) is 4.42 Å². The van der Waals surface area contributed by atoms with Crippen LogP contribution in [0.3, 0.4) is 0 Å². The highest BCUT2D eigenvalue weighted by atomic mass is 16.3. The van der Waals surface area contributed by atoms with Gasteiger partial charge in [0.2, 0.25) is 0 Å². The first-order valence-corrected chi connectivity index (χ1v) is 6.64. The van der Waals surface area contributed by atoms with Gasteiger partial charge in [-0.3, -0.25) is 4.79 Å². The van der Waals surface area contributed by atoms with E-state index in [1.807, 2.05) is 19.1 Å². The zero-order chi connectivity index (χ0) is 15.4. The molecule has 0 spiro atoms. The summed E-state index contributed by atoms with van der Waals surface area (Å²) in [7, 11) is 1.68. The minimum absolute atomic E-state index is 0.0366. The minimum atomic E-state index is -0.259. The molecular formula is C16H18N2O3. The zero-order valence-corrected chi connectivity index (χ0v) is 12.3. The van der Waals surface area contributed by atoms with E-state index >= 15 is 0 Å². The molecule has 1 aromatic heterocycles. The average molecular weight is 286 g/mol. The number of hydrogen-bond acceptors (Lipinski definition) is 3. The van der Waals surface area contributed by atoms with Crippen molar-refractivity contribution in [3.05, 3.63) is 53.5 Å². The number of hydrogen-bond donors (Lipinski definition) is 1. The fraction of sp³-hybridized carbons (Fsp3) is 0.250. The molecule has 2 aromatic rings. The highest BCUT2D eigenvalue weighted by molar-refractivity contribution is 5.96. The third-order valence-corrected chi connectivity index (χ3v) is 3.06. The first-order valence-electron chi connectivity index (χ1n) is 6.64. The predicted octanol–water partition coefficient (Wildman–Crippen LogP) is 3.45. The summed E-state index contributed by atoms with van der Waals surface area (Å²) in [4.78, 5) is 24.9. The summed E-state index contributed by atoms with van der Waals surface area (Å²) in [6.45, 7) is 3.73. The fourth-order valence-electron chi connectivity index (χ4n) is 1.91. The molecule has 110 valence electrons. The number of Topliss-reactive ketones (excluding diaryl/α,β-unsaturated/α-hetero) is 1. The molecule has 0 saturated heterocycles. The summed E-state index contributed by atoms with van der Waals surface area (Å²) in [5.74, 6) is 1.50. The van der Waals surface area contributed by atoms with E-state index in [0.29, 0.717) is 17.8 Å². The van der Waals surface area contributed by atoms with E-state index < -0.39 is 0 Å². The van der Waals surface area contributed by atoms with E-state index in [1.54, 1.807) is 31.3 Å². The summed E-state index contributed by atoms with van der Waals surface area (Å²) in [6, 6.07) is 10.3. The second-order valence-electron chi connectivity index (χ2n) is 4.94. The van der Waals surface area contributed by atoms with Crippen molar-refractivity contribution in [1.29, 1.82) is 0 Å². The number of amides is 2. The van der Waals surface area contributed by atoms with Gasteiger partial charge in [0.25, 0.3) is 0 Å². The van der Waals surface area contributed by atoms with Gasteiger partial charge in [-0.25, -0.2) is 4.79 Å². The van der Waals surface area contributed by atoms with Crippen molar-refractivity contribution in [3.8, 4) is 0 Å². The molecule has 0 unspecified atom stereocenters. The van der Waals surface area contributed by atoms with Crippen LogP contribution in [0, 0.1) is 6.92 Å². The third kappa shape index (κ3) is 3.95. The van der Waals surface area contributed by atoms with Crippen LogP contribution in [0.4, 0.5) is 10.5 Å². The molecule has 2 rings (SSSR count). The molecular weight excluding hydrogens is 268 g/mol. The second kappa shape index (κ2) is 6.26. The number of nitrogens with one attached hydrogen (secondary N) is 1. The molecule has 0 aliphatic heterocycles. The second-order valence-corrected chi connectivity index (χ2v) is 4.94. The molecule has 0 aliphatic carbocycles. The van der Waals surface area contributed by atoms with Crippen molar-refractivity contribution in [2.75, 3.05) is 12.4 Å². The number of nitrogens with zero attached hydrogens (tertiary/aromatic N) is 1. The van der Waals surface area contributed by atoms with E-state index in [1.165, 1.54) is 11.8 Å². The predicted molar refractivity (Wildman–Crippen MR) is 80.4 cm³/mol. The SMILES string of the molecule is CC(=O)c1cccc(NC(=O)N(C)Cc2ccc(C)o2)c1. The number of benzene rings is 1. The molecule has 21 heavy (non-hydrogen) atoms. The molecule has 1 aromatic carbocycles. The highest BCUT2D eigenvalue weighted by Gasteiger charge is 2.12. The Hall–Kier alpha value is -2.56. The Morgan fingerprint density at radius 3 is 2.62 bits per heavy atom. The first kappa shape index (κ1) is 14.8. The van der Waals surface area contributed by atoms with Crippen LogP contribution in [-0.2, 0) is 6.54 Å². The average Bonchev–Trinajstić information content (AvgIpc) is 2.84. The standard InChI is InChI=1S/C16H18N2O3/c1-11-7-8-15(21-11)10-18(3)16(20)17-14-6-4-5-13(9-14)12(2)19/h4-9H,10H2,1-3H3,(H,17,20). The molecule has 0 radical (unpaired) electrons. The monoisotopic (exact) mass is 286 g/mol. The van der Waals surface area contributed by atoms with Gasteiger partial charge in [-0.15, -0.1) is 0 Å². The highest BCUT2D eigenvalue weighted by Crippen LogP contribution is 2.13. The lowest BCUT2D eigenvalue weighted by atomic mass is 10.1. The quantitative estimate of drug-likeness (QED) is 0.875. The van der Waals surface area contributed by atoms with E-state index in [9.17, 15) is 9.59 Å². The van der Waals surface area contributed by atoms with Gasteiger partial charge in [-0.05, 0) is 38.1 Å². The molecule has 2 amide bonds. The van der Waals surface area contributed by atoms with Crippen LogP contribution in [0.25, 0.3) is 0 Å². The van der Waals surface area contributed by atoms with Crippen LogP contribution < -0.4 is 5.32 Å². The van der Waals surface area contributed by atoms with Crippen LogP contribution in [0.2, 0.25) is 0 Å². The molecule has 5 heteroatoms. The summed E-state index contributed by atoms with van der Waals surface area (Å²) >= 11 is 0. The van der Waals surface area contributed by atoms with Gasteiger partial charge in [0.05, 0.1) is 6.54 Å². The number of carbonyl (C=O) groups is 2. The number of anilines is 1. The Kier molecular flexibility index (Phi) is 4.42. The van der Waals surface area contributed by atoms with Gasteiger partial charge in [0, 0.05) is 18.3 Å². The largest absolute Gasteiger partial charge is 0.464 e. The van der Waals surface area contributed by atoms with Crippen molar-refractivity contribution < 1.29 is 14.0 Å². The molecule has 1 heterocycles. The molecule has 0 aliphatic rings. The zero-order valence-electron chi connectivity index (χ0n) is 12.3. The molecule has 0 bridgehead atoms. The van der Waals surface area contributed by atoms with Crippen molar-refractivity contribution >= 4 is 17.5 Å². The van der Waals surface area contributed by atoms with Crippen molar-refractivity contribution in [2.45, 2.75) is 20.4 Å². The number of furan rings is 1. The van der Waals surface area contributed by atoms with Crippen LogP contribution >= 0.6 is 0 Å². The van der Waals surface area contributed by atoms with Gasteiger partial charge in [-0.1, -0.05) is 12.1 Å². The summed E-state index contributed by atoms with van der Waals surface area (Å²) in [5, 5.41) is 2.76. The molecule has 0 saturated carbocycles. The summed E-state index contributed by atoms with van der Waals surface area (Å²) < 4.78 is 5.44. The van der Waals surface area contributed by atoms with Gasteiger partial charge in [0.15, 0.2) is 5.78 Å². The van der Waals surface area contributed by atoms with Crippen LogP contribution in [0.5, 0.6) is 0 Å². The Bertz CT molecular complexity index is 661. The molecule has 1 N–H and O–H groups in total. The Morgan fingerprint density at radius 2 is 2.00 bits per heavy atom. The lowest BCUT2D eigenvalue weighted by molar-refractivity contribution is 0.101. The topological polar surface area (TPSA) is 62.6 Å². The third-order valence-electron chi connectivity index (χ3n) is 3.06. The maximum atomic E-state index is 12.1. The van der Waals surface area contributed by atoms with E-state index in [2.05, 4.69) is 5.32 Å². The van der Waals surface area contributed by atoms with Crippen LogP contribution in [-0.4, -0.2) is 23.8 Å². The van der Waals surface area contributed by atoms with Crippen LogP contribution in [0.1, 0.15) is 28.8 Å². The normalized spacial score (nSPS) is 10.2. The number of ketones is 1. The van der Waals surface area contributed by atoms with Crippen LogP contribution in [0.15, 0.2) is 40.8 Å². The molecule has 0 fully saturated rings. The lowest BCUT2D eigenvalue weighted by Gasteiger charge is -2.17. The smallest absolute Gasteiger partial charge is 0.321 e. The Balaban J connectivity index is 2.00. The van der Waals surface area contributed by atoms with Gasteiger partial charge in [-0.2, -0.15) is 0 Å². The van der Waals surface area contributed by atoms with E-state index in [-0.39, 0.29) is 11.8 Å². The minimum Gasteiger partial charge on any atom is -0.464 e. The van der Waals surface area contributed by atoms with Gasteiger partial charge in [0.1, 0.15) is 11.5 Å². The van der Waals surface area contributed by atoms with E-state index in [0.717, 1.165) is 11.5 Å². The van der Waals surface area contributed by atoms with Crippen molar-refractivity contribution in [1.82, 2.24) is 4.90 Å². The number of carbonyl (C=O) groups excluding carboxylic acids is 2. The van der Waals surface area contributed by atoms with Gasteiger partial charge >= 0.3 is 6.03 Å². The number of urea groups is 1. The number of aryl methyl sites for hydroxylation is 1. The fourth-order valence-corrected chi connectivity index (χ4v) is 1.91. The van der Waals surface area contributed by atoms with Crippen molar-refractivity contribution in [3.63, 3.8) is 0 Å². The summed E-state index contributed by atoms with van der Waals surface area (Å²) in [6.07, 6.45) is 0. The summed E-state index contributed by atoms with van der Waals surface area (Å²) in [5.41, 5.74) is 1.16. The van der Waals surface area contributed by atoms with Gasteiger partial charge < -0.3 is 14.6 Å². The Labute approximate surface area is 123 Å². The lowest BCUT2D eigenvalue weighted by Crippen LogP contribution is -2.30. The maximum absolute atomic E-state index is 12.1. The Morgan fingerprint density at radius 1 is 1.24 bits per heavy atom. The first-order chi connectivity index (χ1) is 9.95. The van der Waals surface area contributed by atoms with Crippen molar-refractivity contribution in [2.24, 2.45) is 0 Å². The number of rotatable bonds is 4.